The van der Waals surface area contributed by atoms with Crippen LogP contribution in [0.5, 0.6) is 17.2 Å². The molecule has 0 heterocycles. The van der Waals surface area contributed by atoms with Gasteiger partial charge in [0.1, 0.15) is 0 Å². The van der Waals surface area contributed by atoms with Crippen molar-refractivity contribution in [3.63, 3.8) is 0 Å². The average Bonchev–Trinajstić information content (AvgIpc) is 2.46. The third-order valence-corrected chi connectivity index (χ3v) is 3.12. The number of benzene rings is 1. The van der Waals surface area contributed by atoms with E-state index in [1.165, 1.54) is 19.3 Å². The van der Waals surface area contributed by atoms with Crippen molar-refractivity contribution in [2.75, 3.05) is 6.61 Å². The molecule has 0 aromatic heterocycles. The molecule has 5 N–H and O–H groups in total. The monoisotopic (exact) mass is 300 g/mol. The van der Waals surface area contributed by atoms with Gasteiger partial charge in [0, 0.05) is 6.61 Å². The summed E-state index contributed by atoms with van der Waals surface area (Å²) < 4.78 is 0. The molecule has 21 heavy (non-hydrogen) atoms. The number of carboxylic acids is 1. The van der Waals surface area contributed by atoms with Gasteiger partial charge >= 0.3 is 5.97 Å². The van der Waals surface area contributed by atoms with Crippen LogP contribution < -0.4 is 0 Å². The Balaban J connectivity index is 0.000000400. The van der Waals surface area contributed by atoms with Gasteiger partial charge in [-0.1, -0.05) is 33.1 Å². The lowest BCUT2D eigenvalue weighted by molar-refractivity contribution is 0.0696. The SMILES string of the molecule is CCCCC(CC)CO.O=C(O)c1cc(O)c(O)c(O)c1. The smallest absolute Gasteiger partial charge is 0.335 e. The van der Waals surface area contributed by atoms with Gasteiger partial charge in [-0.25, -0.2) is 4.79 Å². The minimum atomic E-state index is -1.29. The van der Waals surface area contributed by atoms with Crippen molar-refractivity contribution in [1.29, 1.82) is 0 Å². The number of aliphatic hydroxyl groups excluding tert-OH is 1. The Morgan fingerprint density at radius 2 is 1.67 bits per heavy atom. The standard InChI is InChI=1S/C8H18O.C7H6O5/c1-3-5-6-8(4-2)7-9;8-4-1-3(7(11)12)2-5(9)6(4)10/h8-9H,3-7H2,1-2H3;1-2,8-10H,(H,11,12). The highest BCUT2D eigenvalue weighted by Gasteiger charge is 2.11. The number of rotatable bonds is 6. The second kappa shape index (κ2) is 9.88. The van der Waals surface area contributed by atoms with Crippen molar-refractivity contribution in [3.8, 4) is 17.2 Å². The number of carbonyl (C=O) groups is 1. The molecule has 0 spiro atoms. The molecule has 6 heteroatoms. The summed E-state index contributed by atoms with van der Waals surface area (Å²) in [5, 5.41) is 43.7. The van der Waals surface area contributed by atoms with Crippen molar-refractivity contribution in [2.24, 2.45) is 5.92 Å². The number of aromatic hydroxyl groups is 3. The molecular formula is C15H24O6. The summed E-state index contributed by atoms with van der Waals surface area (Å²) in [4.78, 5) is 10.3. The van der Waals surface area contributed by atoms with Crippen LogP contribution in [0.15, 0.2) is 12.1 Å². The van der Waals surface area contributed by atoms with Gasteiger partial charge in [0.05, 0.1) is 5.56 Å². The van der Waals surface area contributed by atoms with Crippen molar-refractivity contribution in [2.45, 2.75) is 39.5 Å². The fraction of sp³-hybridized carbons (Fsp3) is 0.533. The van der Waals surface area contributed by atoms with E-state index >= 15 is 0 Å². The molecule has 1 aromatic rings. The van der Waals surface area contributed by atoms with E-state index in [0.717, 1.165) is 18.6 Å². The number of carboxylic acid groups (broad SMARTS) is 1. The number of unbranched alkanes of at least 4 members (excludes halogenated alkanes) is 1. The van der Waals surface area contributed by atoms with E-state index in [0.29, 0.717) is 12.5 Å². The number of phenols is 3. The maximum absolute atomic E-state index is 10.3. The summed E-state index contributed by atoms with van der Waals surface area (Å²) in [5.74, 6) is -2.77. The maximum atomic E-state index is 10.3. The Morgan fingerprint density at radius 1 is 1.14 bits per heavy atom. The third kappa shape index (κ3) is 6.85. The summed E-state index contributed by atoms with van der Waals surface area (Å²) >= 11 is 0. The Morgan fingerprint density at radius 3 is 2.00 bits per heavy atom. The molecule has 0 bridgehead atoms. The molecule has 0 amide bonds. The third-order valence-electron chi connectivity index (χ3n) is 3.12. The van der Waals surface area contributed by atoms with E-state index in [2.05, 4.69) is 13.8 Å². The summed E-state index contributed by atoms with van der Waals surface area (Å²) in [5.41, 5.74) is -0.289. The Kier molecular flexibility index (Phi) is 8.96. The van der Waals surface area contributed by atoms with Crippen LogP contribution in [0.4, 0.5) is 0 Å². The maximum Gasteiger partial charge on any atom is 0.335 e. The fourth-order valence-electron chi connectivity index (χ4n) is 1.64. The van der Waals surface area contributed by atoms with Crippen LogP contribution in [-0.4, -0.2) is 38.1 Å². The molecule has 0 saturated heterocycles. The largest absolute Gasteiger partial charge is 0.504 e. The van der Waals surface area contributed by atoms with E-state index in [1.807, 2.05) is 0 Å². The van der Waals surface area contributed by atoms with E-state index in [1.54, 1.807) is 0 Å². The molecule has 0 aliphatic heterocycles. The summed E-state index contributed by atoms with van der Waals surface area (Å²) in [6.45, 7) is 4.69. The van der Waals surface area contributed by atoms with Crippen LogP contribution in [0.3, 0.4) is 0 Å². The van der Waals surface area contributed by atoms with Crippen molar-refractivity contribution < 1.29 is 30.3 Å². The number of aliphatic hydroxyl groups is 1. The number of phenolic OH excluding ortho intramolecular Hbond substituents is 3. The molecule has 0 aliphatic rings. The fourth-order valence-corrected chi connectivity index (χ4v) is 1.64. The molecule has 0 saturated carbocycles. The second-order valence-electron chi connectivity index (χ2n) is 4.77. The molecule has 120 valence electrons. The molecule has 1 rings (SSSR count). The van der Waals surface area contributed by atoms with Crippen LogP contribution in [0.25, 0.3) is 0 Å². The molecular weight excluding hydrogens is 276 g/mol. The van der Waals surface area contributed by atoms with Gasteiger partial charge in [-0.2, -0.15) is 0 Å². The first-order valence-electron chi connectivity index (χ1n) is 6.96. The van der Waals surface area contributed by atoms with Crippen LogP contribution >= 0.6 is 0 Å². The Labute approximate surface area is 124 Å². The van der Waals surface area contributed by atoms with Gasteiger partial charge in [0.15, 0.2) is 17.2 Å². The van der Waals surface area contributed by atoms with Gasteiger partial charge < -0.3 is 25.5 Å². The van der Waals surface area contributed by atoms with E-state index in [4.69, 9.17) is 25.5 Å². The lowest BCUT2D eigenvalue weighted by Gasteiger charge is -2.08. The first kappa shape index (κ1) is 19.1. The van der Waals surface area contributed by atoms with Crippen molar-refractivity contribution in [1.82, 2.24) is 0 Å². The highest BCUT2D eigenvalue weighted by Crippen LogP contribution is 2.35. The molecule has 1 aromatic carbocycles. The van der Waals surface area contributed by atoms with Crippen LogP contribution in [0.2, 0.25) is 0 Å². The minimum Gasteiger partial charge on any atom is -0.504 e. The predicted molar refractivity (Wildman–Crippen MR) is 78.8 cm³/mol. The predicted octanol–water partition coefficient (Wildman–Crippen LogP) is 2.70. The first-order valence-corrected chi connectivity index (χ1v) is 6.96. The normalized spacial score (nSPS) is 11.4. The minimum absolute atomic E-state index is 0.289. The van der Waals surface area contributed by atoms with Crippen LogP contribution in [0.1, 0.15) is 49.9 Å². The van der Waals surface area contributed by atoms with Gasteiger partial charge in [-0.15, -0.1) is 0 Å². The highest BCUT2D eigenvalue weighted by atomic mass is 16.4. The van der Waals surface area contributed by atoms with E-state index in [-0.39, 0.29) is 5.56 Å². The summed E-state index contributed by atoms with van der Waals surface area (Å²) in [6.07, 6.45) is 4.83. The Bertz CT molecular complexity index is 417. The first-order chi connectivity index (χ1) is 9.87. The molecule has 1 atom stereocenters. The zero-order valence-corrected chi connectivity index (χ0v) is 12.4. The quantitative estimate of drug-likeness (QED) is 0.515. The lowest BCUT2D eigenvalue weighted by Crippen LogP contribution is -2.03. The summed E-state index contributed by atoms with van der Waals surface area (Å²) in [6, 6.07) is 1.69. The van der Waals surface area contributed by atoms with Crippen molar-refractivity contribution in [3.05, 3.63) is 17.7 Å². The van der Waals surface area contributed by atoms with E-state index < -0.39 is 23.2 Å². The number of hydrogen-bond acceptors (Lipinski definition) is 5. The van der Waals surface area contributed by atoms with E-state index in [9.17, 15) is 4.79 Å². The van der Waals surface area contributed by atoms with Crippen molar-refractivity contribution >= 4 is 5.97 Å². The van der Waals surface area contributed by atoms with Crippen LogP contribution in [0, 0.1) is 5.92 Å². The van der Waals surface area contributed by atoms with Gasteiger partial charge in [0.25, 0.3) is 0 Å². The molecule has 0 aliphatic carbocycles. The topological polar surface area (TPSA) is 118 Å². The number of aromatic carboxylic acids is 1. The van der Waals surface area contributed by atoms with Gasteiger partial charge in [-0.05, 0) is 24.5 Å². The zero-order valence-electron chi connectivity index (χ0n) is 12.4. The van der Waals surface area contributed by atoms with Crippen LogP contribution in [-0.2, 0) is 0 Å². The van der Waals surface area contributed by atoms with Gasteiger partial charge in [-0.3, -0.25) is 0 Å². The lowest BCUT2D eigenvalue weighted by atomic mass is 10.0. The Hall–Kier alpha value is -1.95. The molecule has 0 radical (unpaired) electrons. The second-order valence-corrected chi connectivity index (χ2v) is 4.77. The zero-order chi connectivity index (χ0) is 16.4. The molecule has 0 fully saturated rings. The average molecular weight is 300 g/mol. The summed E-state index contributed by atoms with van der Waals surface area (Å²) in [7, 11) is 0. The molecule has 6 nitrogen and oxygen atoms in total. The number of hydrogen-bond donors (Lipinski definition) is 5. The molecule has 1 unspecified atom stereocenters. The highest BCUT2D eigenvalue weighted by molar-refractivity contribution is 5.89. The van der Waals surface area contributed by atoms with Gasteiger partial charge in [0.2, 0.25) is 0 Å².